The van der Waals surface area contributed by atoms with E-state index in [1.807, 2.05) is 0 Å². The lowest BCUT2D eigenvalue weighted by atomic mass is 10.2. The van der Waals surface area contributed by atoms with E-state index in [0.29, 0.717) is 15.2 Å². The van der Waals surface area contributed by atoms with Crippen molar-refractivity contribution in [3.8, 4) is 5.75 Å². The molecule has 5 heteroatoms. The van der Waals surface area contributed by atoms with Gasteiger partial charge >= 0.3 is 0 Å². The normalized spacial score (nSPS) is 12.7. The monoisotopic (exact) mass is 338 g/mol. The van der Waals surface area contributed by atoms with E-state index < -0.39 is 8.32 Å². The molecule has 0 bridgehead atoms. The fraction of sp³-hybridized carbons (Fsp3) is 0.500. The quantitative estimate of drug-likeness (QED) is 0.635. The van der Waals surface area contributed by atoms with E-state index in [1.165, 1.54) is 12.1 Å². The Kier molecular flexibility index (Phi) is 4.32. The molecule has 0 N–H and O–H groups in total. The van der Waals surface area contributed by atoms with Gasteiger partial charge in [0.1, 0.15) is 11.6 Å². The van der Waals surface area contributed by atoms with Gasteiger partial charge in [0.15, 0.2) is 0 Å². The molecule has 0 unspecified atom stereocenters. The fourth-order valence-electron chi connectivity index (χ4n) is 1.03. The second kappa shape index (κ2) is 4.90. The molecule has 0 heterocycles. The standard InChI is InChI=1S/C12H17BrClFOSi/c1-12(2,3)17(4,5)16-11-9(13)6-8(15)7-10(11)14/h6-7H,1-5H3. The molecule has 0 aliphatic carbocycles. The molecule has 0 atom stereocenters. The summed E-state index contributed by atoms with van der Waals surface area (Å²) < 4.78 is 19.8. The topological polar surface area (TPSA) is 9.23 Å². The molecule has 0 amide bonds. The third kappa shape index (κ3) is 3.45. The lowest BCUT2D eigenvalue weighted by Crippen LogP contribution is -2.44. The Balaban J connectivity index is 3.13. The smallest absolute Gasteiger partial charge is 0.250 e. The van der Waals surface area contributed by atoms with Crippen LogP contribution in [0.4, 0.5) is 4.39 Å². The average molecular weight is 340 g/mol. The summed E-state index contributed by atoms with van der Waals surface area (Å²) in [6.07, 6.45) is 0. The zero-order valence-corrected chi connectivity index (χ0v) is 14.0. The highest BCUT2D eigenvalue weighted by atomic mass is 79.9. The van der Waals surface area contributed by atoms with E-state index >= 15 is 0 Å². The van der Waals surface area contributed by atoms with Gasteiger partial charge in [-0.1, -0.05) is 32.4 Å². The summed E-state index contributed by atoms with van der Waals surface area (Å²) >= 11 is 9.31. The average Bonchev–Trinajstić information content (AvgIpc) is 2.09. The highest BCUT2D eigenvalue weighted by molar-refractivity contribution is 9.10. The summed E-state index contributed by atoms with van der Waals surface area (Å²) in [4.78, 5) is 0. The van der Waals surface area contributed by atoms with Crippen molar-refractivity contribution in [2.75, 3.05) is 0 Å². The molecular formula is C12H17BrClFOSi. The van der Waals surface area contributed by atoms with Gasteiger partial charge in [-0.15, -0.1) is 0 Å². The first-order valence-electron chi connectivity index (χ1n) is 5.38. The van der Waals surface area contributed by atoms with Crippen LogP contribution in [0.1, 0.15) is 20.8 Å². The fourth-order valence-corrected chi connectivity index (χ4v) is 3.16. The van der Waals surface area contributed by atoms with Crippen LogP contribution >= 0.6 is 27.5 Å². The van der Waals surface area contributed by atoms with Crippen molar-refractivity contribution >= 4 is 35.8 Å². The predicted molar refractivity (Wildman–Crippen MR) is 76.9 cm³/mol. The molecule has 1 nitrogen and oxygen atoms in total. The van der Waals surface area contributed by atoms with Crippen LogP contribution in [0, 0.1) is 5.82 Å². The molecule has 0 aromatic heterocycles. The largest absolute Gasteiger partial charge is 0.542 e. The van der Waals surface area contributed by atoms with Gasteiger partial charge in [-0.25, -0.2) is 4.39 Å². The Morgan fingerprint density at radius 1 is 1.29 bits per heavy atom. The van der Waals surface area contributed by atoms with Gasteiger partial charge in [-0.2, -0.15) is 0 Å². The second-order valence-electron chi connectivity index (χ2n) is 5.56. The van der Waals surface area contributed by atoms with E-state index in [9.17, 15) is 4.39 Å². The molecule has 0 radical (unpaired) electrons. The summed E-state index contributed by atoms with van der Waals surface area (Å²) in [6.45, 7) is 10.7. The SMILES string of the molecule is CC(C)(C)[Si](C)(C)Oc1c(Cl)cc(F)cc1Br. The van der Waals surface area contributed by atoms with Crippen molar-refractivity contribution in [1.82, 2.24) is 0 Å². The first-order chi connectivity index (χ1) is 7.54. The number of rotatable bonds is 2. The maximum atomic E-state index is 13.1. The predicted octanol–water partition coefficient (Wildman–Crippen LogP) is 5.63. The molecule has 17 heavy (non-hydrogen) atoms. The van der Waals surface area contributed by atoms with Crippen LogP contribution in [-0.4, -0.2) is 8.32 Å². The van der Waals surface area contributed by atoms with Gasteiger partial charge in [-0.3, -0.25) is 0 Å². The number of halogens is 3. The Morgan fingerprint density at radius 2 is 1.82 bits per heavy atom. The van der Waals surface area contributed by atoms with E-state index in [-0.39, 0.29) is 10.9 Å². The summed E-state index contributed by atoms with van der Waals surface area (Å²) in [6, 6.07) is 2.64. The highest BCUT2D eigenvalue weighted by Gasteiger charge is 2.39. The lowest BCUT2D eigenvalue weighted by Gasteiger charge is -2.37. The maximum absolute atomic E-state index is 13.1. The molecule has 1 aromatic carbocycles. The zero-order chi connectivity index (χ0) is 13.4. The Labute approximate surface area is 117 Å². The second-order valence-corrected chi connectivity index (χ2v) is 11.5. The van der Waals surface area contributed by atoms with Gasteiger partial charge in [0, 0.05) is 0 Å². The van der Waals surface area contributed by atoms with E-state index in [4.69, 9.17) is 16.0 Å². The molecule has 0 aliphatic heterocycles. The third-order valence-electron chi connectivity index (χ3n) is 3.13. The number of hydrogen-bond donors (Lipinski definition) is 0. The molecule has 96 valence electrons. The molecule has 1 rings (SSSR count). The van der Waals surface area contributed by atoms with Crippen LogP contribution in [0.5, 0.6) is 5.75 Å². The zero-order valence-electron chi connectivity index (χ0n) is 10.7. The highest BCUT2D eigenvalue weighted by Crippen LogP contribution is 2.42. The van der Waals surface area contributed by atoms with Crippen molar-refractivity contribution in [2.24, 2.45) is 0 Å². The molecule has 0 fully saturated rings. The Bertz CT molecular complexity index is 406. The Morgan fingerprint density at radius 3 is 2.24 bits per heavy atom. The van der Waals surface area contributed by atoms with Crippen molar-refractivity contribution in [3.63, 3.8) is 0 Å². The van der Waals surface area contributed by atoms with Crippen molar-refractivity contribution in [2.45, 2.75) is 38.9 Å². The maximum Gasteiger partial charge on any atom is 0.250 e. The van der Waals surface area contributed by atoms with E-state index in [1.54, 1.807) is 0 Å². The van der Waals surface area contributed by atoms with Gasteiger partial charge in [-0.05, 0) is 46.2 Å². The van der Waals surface area contributed by atoms with Gasteiger partial charge in [0.05, 0.1) is 9.50 Å². The summed E-state index contributed by atoms with van der Waals surface area (Å²) in [5.74, 6) is 0.170. The first-order valence-corrected chi connectivity index (χ1v) is 9.46. The van der Waals surface area contributed by atoms with Crippen molar-refractivity contribution < 1.29 is 8.82 Å². The minimum Gasteiger partial charge on any atom is -0.542 e. The summed E-state index contributed by atoms with van der Waals surface area (Å²) in [5.41, 5.74) is 0. The van der Waals surface area contributed by atoms with Crippen LogP contribution in [0.2, 0.25) is 23.2 Å². The molecule has 0 saturated heterocycles. The van der Waals surface area contributed by atoms with Crippen molar-refractivity contribution in [1.29, 1.82) is 0 Å². The molecule has 0 aliphatic rings. The molecule has 1 aromatic rings. The van der Waals surface area contributed by atoms with Crippen molar-refractivity contribution in [3.05, 3.63) is 27.4 Å². The van der Waals surface area contributed by atoms with Gasteiger partial charge in [0.25, 0.3) is 8.32 Å². The van der Waals surface area contributed by atoms with Crippen LogP contribution in [0.15, 0.2) is 16.6 Å². The van der Waals surface area contributed by atoms with Crippen LogP contribution in [0.3, 0.4) is 0 Å². The van der Waals surface area contributed by atoms with E-state index in [0.717, 1.165) is 0 Å². The number of benzene rings is 1. The summed E-state index contributed by atoms with van der Waals surface area (Å²) in [7, 11) is -1.96. The summed E-state index contributed by atoms with van der Waals surface area (Å²) in [5, 5.41) is 0.381. The lowest BCUT2D eigenvalue weighted by molar-refractivity contribution is 0.488. The number of hydrogen-bond acceptors (Lipinski definition) is 1. The minimum absolute atomic E-state index is 0.0736. The Hall–Kier alpha value is -0.0631. The van der Waals surface area contributed by atoms with Crippen LogP contribution in [-0.2, 0) is 0 Å². The molecular weight excluding hydrogens is 323 g/mol. The van der Waals surface area contributed by atoms with Crippen LogP contribution < -0.4 is 4.43 Å². The molecule has 0 spiro atoms. The van der Waals surface area contributed by atoms with Crippen LogP contribution in [0.25, 0.3) is 0 Å². The van der Waals surface area contributed by atoms with Gasteiger partial charge < -0.3 is 4.43 Å². The minimum atomic E-state index is -1.96. The third-order valence-corrected chi connectivity index (χ3v) is 8.32. The molecule has 0 saturated carbocycles. The van der Waals surface area contributed by atoms with Gasteiger partial charge in [0.2, 0.25) is 0 Å². The van der Waals surface area contributed by atoms with E-state index in [2.05, 4.69) is 49.8 Å². The first kappa shape index (κ1) is 15.0.